The van der Waals surface area contributed by atoms with Crippen molar-refractivity contribution >= 4 is 156 Å². The number of carbonyl (C=O) groups excluding carboxylic acids is 3. The number of ether oxygens (including phenoxy) is 2. The first-order valence-electron chi connectivity index (χ1n) is 43.3. The van der Waals surface area contributed by atoms with E-state index in [9.17, 15) is 24.6 Å². The molecule has 25 heteroatoms. The normalized spacial score (nSPS) is 13.1. The van der Waals surface area contributed by atoms with Crippen LogP contribution in [0.1, 0.15) is 83.6 Å². The molecule has 12 aromatic carbocycles. The zero-order valence-electron chi connectivity index (χ0n) is 74.7. The van der Waals surface area contributed by atoms with Gasteiger partial charge in [0.05, 0.1) is 89.1 Å². The number of pyridine rings is 2. The van der Waals surface area contributed by atoms with Crippen molar-refractivity contribution in [1.82, 2.24) is 15.1 Å². The van der Waals surface area contributed by atoms with Crippen molar-refractivity contribution in [2.45, 2.75) is 53.4 Å². The Kier molecular flexibility index (Phi) is 28.8. The van der Waals surface area contributed by atoms with Crippen LogP contribution in [0.4, 0.5) is 5.69 Å². The van der Waals surface area contributed by atoms with Crippen molar-refractivity contribution in [2.24, 2.45) is 40.8 Å². The van der Waals surface area contributed by atoms with Gasteiger partial charge in [-0.15, -0.1) is 67.5 Å². The van der Waals surface area contributed by atoms with Crippen LogP contribution < -0.4 is 14.8 Å². The lowest BCUT2D eigenvalue weighted by atomic mass is 9.92. The first-order chi connectivity index (χ1) is 65.7. The van der Waals surface area contributed by atoms with Crippen LogP contribution in [0.3, 0.4) is 0 Å². The van der Waals surface area contributed by atoms with Crippen molar-refractivity contribution in [2.75, 3.05) is 42.5 Å². The molecule has 4 aromatic heterocycles. The molecule has 0 spiro atoms. The quantitative estimate of drug-likeness (QED) is 0.0502. The summed E-state index contributed by atoms with van der Waals surface area (Å²) in [5.41, 5.74) is 24.0. The maximum absolute atomic E-state index is 12.7. The van der Waals surface area contributed by atoms with Crippen LogP contribution in [-0.4, -0.2) is 123 Å². The van der Waals surface area contributed by atoms with Gasteiger partial charge in [0.2, 0.25) is 11.8 Å². The average molecular weight is 1850 g/mol. The fourth-order valence-corrected chi connectivity index (χ4v) is 18.5. The van der Waals surface area contributed by atoms with E-state index >= 15 is 0 Å². The van der Waals surface area contributed by atoms with E-state index in [1.54, 1.807) is 40.3 Å². The molecule has 4 aliphatic heterocycles. The summed E-state index contributed by atoms with van der Waals surface area (Å²) in [6.07, 6.45) is 8.84. The Morgan fingerprint density at radius 3 is 1.14 bits per heavy atom. The first kappa shape index (κ1) is 91.6. The molecular weight excluding hydrogens is 1760 g/mol. The van der Waals surface area contributed by atoms with Gasteiger partial charge in [-0.1, -0.05) is 164 Å². The number of hydrogen-bond acceptors (Lipinski definition) is 24. The third-order valence-electron chi connectivity index (χ3n) is 22.4. The third-order valence-corrected chi connectivity index (χ3v) is 26.7. The Bertz CT molecular complexity index is 7560. The molecule has 0 atom stereocenters. The van der Waals surface area contributed by atoms with Gasteiger partial charge in [-0.3, -0.25) is 14.4 Å². The molecule has 4 aliphatic rings. The minimum absolute atomic E-state index is 0.101. The minimum atomic E-state index is -0.252. The molecule has 21 nitrogen and oxygen atoms in total. The number of anilines is 1. The standard InChI is InChI=1S/2C28H23N3O2S.C27H21N3O3S.C27H23N3O2S/c1-18(32)17-34-27-16-26(30-31-27)24-14-22(21-10-9-19-6-3-4-7-20(19)12-21)13-23(15-24)25-8-5-11-29-28(25)33-2;1-18(32)17-34-28-15-26(30-31-28)25-13-23(21-8-7-19-5-3-4-6-20(19)11-21)12-24(14-25)22-9-10-27(33-2)29-16-22;1-17(31)16-34-26-14-25(29-30-26)23-11-22(20-7-6-18-4-2-3-5-19(18)10-20)12-24(13-23)28-27(32)21-8-9-33-15-21;1-16(31)15-33-26-14-25(28-29-26)23-11-22(12-24(13-23)27-17(2)30-32-18(27)3)21-9-8-19-6-4-5-7-20(19)10-21/h3-15,32H,1,16-17H2,2H3;3-14,16,32H,1,15,17H2,2H3;2-13,15H,14,16H2,1H3,(H,28,32);4-13H,14-15H2,1-3H3. The maximum atomic E-state index is 12.7. The summed E-state index contributed by atoms with van der Waals surface area (Å²) in [6, 6.07) is 93.8. The second kappa shape index (κ2) is 42.5. The third kappa shape index (κ3) is 22.9. The predicted octanol–water partition coefficient (Wildman–Crippen LogP) is 26.6. The van der Waals surface area contributed by atoms with Crippen molar-refractivity contribution in [1.29, 1.82) is 0 Å². The van der Waals surface area contributed by atoms with E-state index in [0.717, 1.165) is 165 Å². The molecule has 16 aromatic rings. The molecule has 0 saturated carbocycles. The Labute approximate surface area is 797 Å². The number of hydrogen-bond donors (Lipinski definition) is 3. The number of carbonyl (C=O) groups is 3. The highest BCUT2D eigenvalue weighted by molar-refractivity contribution is 8.15. The zero-order chi connectivity index (χ0) is 93.4. The molecule has 0 fully saturated rings. The lowest BCUT2D eigenvalue weighted by Crippen LogP contribution is -2.12. The molecule has 135 heavy (non-hydrogen) atoms. The van der Waals surface area contributed by atoms with E-state index < -0.39 is 0 Å². The van der Waals surface area contributed by atoms with Crippen LogP contribution >= 0.6 is 47.0 Å². The van der Waals surface area contributed by atoms with Gasteiger partial charge in [-0.2, -0.15) is 20.4 Å². The number of methoxy groups -OCH3 is 2. The van der Waals surface area contributed by atoms with Crippen LogP contribution in [0.2, 0.25) is 0 Å². The highest BCUT2D eigenvalue weighted by atomic mass is 32.2. The molecule has 8 heterocycles. The van der Waals surface area contributed by atoms with Crippen LogP contribution in [0.15, 0.2) is 372 Å². The lowest BCUT2D eigenvalue weighted by Gasteiger charge is -2.13. The second-order valence-corrected chi connectivity index (χ2v) is 36.5. The van der Waals surface area contributed by atoms with Gasteiger partial charge < -0.3 is 33.9 Å². The molecule has 0 unspecified atom stereocenters. The predicted molar refractivity (Wildman–Crippen MR) is 558 cm³/mol. The average Bonchev–Trinajstić information content (AvgIpc) is 1.76. The fraction of sp³-hybridized carbons (Fsp3) is 0.127. The van der Waals surface area contributed by atoms with Crippen molar-refractivity contribution in [3.63, 3.8) is 0 Å². The molecule has 0 radical (unpaired) electrons. The molecule has 1 amide bonds. The van der Waals surface area contributed by atoms with Crippen molar-refractivity contribution in [3.8, 4) is 89.6 Å². The van der Waals surface area contributed by atoms with Crippen LogP contribution in [-0.2, 0) is 9.59 Å². The number of amides is 1. The molecule has 0 aliphatic carbocycles. The number of thioether (sulfide) groups is 4. The number of Topliss-reactive ketones (excluding diaryl/α,β-unsaturated/α-hetero) is 2. The highest BCUT2D eigenvalue weighted by Crippen LogP contribution is 2.41. The van der Waals surface area contributed by atoms with Crippen molar-refractivity contribution in [3.05, 3.63) is 362 Å². The van der Waals surface area contributed by atoms with E-state index in [4.69, 9.17) is 18.4 Å². The molecule has 20 rings (SSSR count). The van der Waals surface area contributed by atoms with E-state index in [0.29, 0.717) is 71.7 Å². The smallest absolute Gasteiger partial charge is 0.258 e. The Hall–Kier alpha value is -15.3. The topological polar surface area (TPSA) is 286 Å². The highest BCUT2D eigenvalue weighted by Gasteiger charge is 2.26. The van der Waals surface area contributed by atoms with E-state index in [-0.39, 0.29) is 29.0 Å². The van der Waals surface area contributed by atoms with E-state index in [1.165, 1.54) is 91.9 Å². The van der Waals surface area contributed by atoms with Crippen LogP contribution in [0.25, 0.3) is 121 Å². The van der Waals surface area contributed by atoms with Crippen LogP contribution in [0.5, 0.6) is 11.8 Å². The number of aliphatic hydroxyl groups is 2. The number of nitrogens with zero attached hydrogens (tertiary/aromatic N) is 11. The summed E-state index contributed by atoms with van der Waals surface area (Å²) in [6.45, 7) is 14.1. The first-order valence-corrected chi connectivity index (χ1v) is 47.3. The van der Waals surface area contributed by atoms with E-state index in [2.05, 4.69) is 293 Å². The number of nitrogens with one attached hydrogen (secondary N) is 1. The summed E-state index contributed by atoms with van der Waals surface area (Å²) in [4.78, 5) is 44.1. The van der Waals surface area contributed by atoms with Crippen molar-refractivity contribution < 1.29 is 43.0 Å². The number of ketones is 2. The minimum Gasteiger partial charge on any atom is -0.512 e. The van der Waals surface area contributed by atoms with Gasteiger partial charge in [0.1, 0.15) is 43.8 Å². The SMILES string of the molecule is C=C(O)CSC1=NN=C(c2cc(-c3ccc(OC)nc3)cc(-c3ccc4ccccc4c3)c2)C1.C=C(O)CSC1=NN=C(c2cc(-c3ccc4ccccc4c3)cc(-c3cccnc3OC)c2)C1.CC(=O)CSC1=NN=C(c2cc(-c3ccc4ccccc4c3)cc(-c3c(C)noc3C)c2)C1.CC(=O)CSC1=NN=C(c2cc(NC(=O)c3ccoc3)cc(-c3ccc4ccccc4c3)c2)C1. The number of benzene rings is 12. The van der Waals surface area contributed by atoms with Gasteiger partial charge in [0.15, 0.2) is 0 Å². The Morgan fingerprint density at radius 1 is 0.385 bits per heavy atom. The van der Waals surface area contributed by atoms with Gasteiger partial charge >= 0.3 is 0 Å². The summed E-state index contributed by atoms with van der Waals surface area (Å²) in [5, 5.41) is 73.8. The summed E-state index contributed by atoms with van der Waals surface area (Å²) in [5.74, 6) is 3.82. The zero-order valence-corrected chi connectivity index (χ0v) is 77.9. The van der Waals surface area contributed by atoms with Gasteiger partial charge in [-0.05, 0) is 270 Å². The lowest BCUT2D eigenvalue weighted by molar-refractivity contribution is -0.115. The number of rotatable bonds is 23. The molecule has 668 valence electrons. The summed E-state index contributed by atoms with van der Waals surface area (Å²) in [7, 11) is 3.24. The summed E-state index contributed by atoms with van der Waals surface area (Å²) >= 11 is 5.79. The van der Waals surface area contributed by atoms with Gasteiger partial charge in [0.25, 0.3) is 5.91 Å². The number of fused-ring (bicyclic) bond motifs is 4. The molecule has 0 bridgehead atoms. The number of aliphatic hydroxyl groups excluding tert-OH is 2. The number of furan rings is 1. The fourth-order valence-electron chi connectivity index (χ4n) is 15.8. The number of aromatic nitrogens is 3. The molecule has 0 saturated heterocycles. The summed E-state index contributed by atoms with van der Waals surface area (Å²) < 4.78 is 21.3. The molecular formula is C110H90N12O9S4. The van der Waals surface area contributed by atoms with E-state index in [1.807, 2.05) is 68.6 Å². The monoisotopic (exact) mass is 1850 g/mol. The Balaban J connectivity index is 0.000000125. The maximum Gasteiger partial charge on any atom is 0.258 e. The largest absolute Gasteiger partial charge is 0.512 e. The van der Waals surface area contributed by atoms with Gasteiger partial charge in [0, 0.05) is 72.1 Å². The van der Waals surface area contributed by atoms with Crippen LogP contribution in [0, 0.1) is 13.8 Å². The van der Waals surface area contributed by atoms with Gasteiger partial charge in [-0.25, -0.2) is 9.97 Å². The Morgan fingerprint density at radius 2 is 0.756 bits per heavy atom. The number of aryl methyl sites for hydroxylation is 2. The second-order valence-electron chi connectivity index (χ2n) is 32.3. The molecule has 3 N–H and O–H groups in total.